The number of thioether (sulfide) groups is 1. The third-order valence-electron chi connectivity index (χ3n) is 3.69. The number of carbonyl (C=O) groups is 1. The van der Waals surface area contributed by atoms with E-state index < -0.39 is 0 Å². The van der Waals surface area contributed by atoms with Crippen molar-refractivity contribution in [2.75, 3.05) is 11.1 Å². The van der Waals surface area contributed by atoms with Crippen LogP contribution in [-0.2, 0) is 11.3 Å². The van der Waals surface area contributed by atoms with Crippen LogP contribution in [0.3, 0.4) is 0 Å². The molecule has 1 aromatic heterocycles. The first-order chi connectivity index (χ1) is 11.2. The summed E-state index contributed by atoms with van der Waals surface area (Å²) in [6.07, 6.45) is 0. The number of nitrogens with zero attached hydrogens (tertiary/aromatic N) is 2. The minimum Gasteiger partial charge on any atom is -0.325 e. The first-order valence-corrected chi connectivity index (χ1v) is 8.61. The van der Waals surface area contributed by atoms with Crippen LogP contribution in [0, 0.1) is 6.92 Å². The topological polar surface area (TPSA) is 46.9 Å². The van der Waals surface area contributed by atoms with Gasteiger partial charge in [0.2, 0.25) is 5.91 Å². The van der Waals surface area contributed by atoms with Crippen LogP contribution in [0.1, 0.15) is 12.5 Å². The highest BCUT2D eigenvalue weighted by Crippen LogP contribution is 2.24. The lowest BCUT2D eigenvalue weighted by molar-refractivity contribution is -0.113. The molecule has 0 unspecified atom stereocenters. The Morgan fingerprint density at radius 3 is 2.70 bits per heavy atom. The lowest BCUT2D eigenvalue weighted by Crippen LogP contribution is -2.15. The average Bonchev–Trinajstić information content (AvgIpc) is 2.92. The third kappa shape index (κ3) is 3.40. The summed E-state index contributed by atoms with van der Waals surface area (Å²) in [5, 5.41) is 3.84. The monoisotopic (exact) mass is 325 g/mol. The molecule has 118 valence electrons. The highest BCUT2D eigenvalue weighted by atomic mass is 32.2. The van der Waals surface area contributed by atoms with Gasteiger partial charge in [-0.25, -0.2) is 4.98 Å². The van der Waals surface area contributed by atoms with Crippen LogP contribution in [0.4, 0.5) is 5.69 Å². The van der Waals surface area contributed by atoms with Crippen LogP contribution in [0.5, 0.6) is 0 Å². The number of fused-ring (bicyclic) bond motifs is 1. The Bertz CT molecular complexity index is 841. The van der Waals surface area contributed by atoms with Crippen LogP contribution < -0.4 is 5.32 Å². The zero-order valence-corrected chi connectivity index (χ0v) is 14.1. The van der Waals surface area contributed by atoms with Gasteiger partial charge in [-0.05, 0) is 37.6 Å². The number of carbonyl (C=O) groups excluding carboxylic acids is 1. The van der Waals surface area contributed by atoms with Gasteiger partial charge in [0.25, 0.3) is 0 Å². The number of aromatic nitrogens is 2. The maximum absolute atomic E-state index is 12.2. The molecule has 0 saturated heterocycles. The van der Waals surface area contributed by atoms with Crippen LogP contribution in [0.25, 0.3) is 11.0 Å². The molecule has 0 bridgehead atoms. The zero-order chi connectivity index (χ0) is 16.2. The summed E-state index contributed by atoms with van der Waals surface area (Å²) in [5.74, 6) is 0.330. The summed E-state index contributed by atoms with van der Waals surface area (Å²) in [6, 6.07) is 15.8. The molecule has 1 N–H and O–H groups in total. The SMILES string of the molecule is CCn1c(SCC(=O)Nc2ccccc2C)nc2ccccc21. The number of imidazole rings is 1. The van der Waals surface area contributed by atoms with Gasteiger partial charge in [-0.1, -0.05) is 42.1 Å². The van der Waals surface area contributed by atoms with Crippen molar-refractivity contribution >= 4 is 34.4 Å². The van der Waals surface area contributed by atoms with E-state index in [1.807, 2.05) is 49.4 Å². The lowest BCUT2D eigenvalue weighted by atomic mass is 10.2. The fraction of sp³-hybridized carbons (Fsp3) is 0.222. The molecule has 0 fully saturated rings. The largest absolute Gasteiger partial charge is 0.325 e. The molecular formula is C18H19N3OS. The number of anilines is 1. The molecule has 2 aromatic carbocycles. The molecule has 23 heavy (non-hydrogen) atoms. The quantitative estimate of drug-likeness (QED) is 0.719. The maximum atomic E-state index is 12.2. The first kappa shape index (κ1) is 15.6. The minimum atomic E-state index is -0.0148. The molecule has 3 rings (SSSR count). The van der Waals surface area contributed by atoms with Crippen molar-refractivity contribution in [1.82, 2.24) is 9.55 Å². The van der Waals surface area contributed by atoms with E-state index in [2.05, 4.69) is 27.9 Å². The number of para-hydroxylation sites is 3. The van der Waals surface area contributed by atoms with Gasteiger partial charge in [0, 0.05) is 12.2 Å². The Labute approximate surface area is 139 Å². The summed E-state index contributed by atoms with van der Waals surface area (Å²) >= 11 is 1.47. The number of amides is 1. The van der Waals surface area contributed by atoms with Crippen molar-refractivity contribution < 1.29 is 4.79 Å². The van der Waals surface area contributed by atoms with Gasteiger partial charge >= 0.3 is 0 Å². The van der Waals surface area contributed by atoms with Crippen molar-refractivity contribution in [2.45, 2.75) is 25.5 Å². The fourth-order valence-corrected chi connectivity index (χ4v) is 3.38. The smallest absolute Gasteiger partial charge is 0.234 e. The molecule has 5 heteroatoms. The van der Waals surface area contributed by atoms with Crippen molar-refractivity contribution in [3.8, 4) is 0 Å². The second-order valence-corrected chi connectivity index (χ2v) is 6.22. The number of benzene rings is 2. The highest BCUT2D eigenvalue weighted by Gasteiger charge is 2.12. The van der Waals surface area contributed by atoms with Gasteiger partial charge in [0.05, 0.1) is 16.8 Å². The van der Waals surface area contributed by atoms with Gasteiger partial charge in [-0.2, -0.15) is 0 Å². The van der Waals surface area contributed by atoms with Crippen LogP contribution in [-0.4, -0.2) is 21.2 Å². The fourth-order valence-electron chi connectivity index (χ4n) is 2.50. The molecule has 0 atom stereocenters. The minimum absolute atomic E-state index is 0.0148. The second kappa shape index (κ2) is 6.87. The molecule has 1 heterocycles. The number of hydrogen-bond acceptors (Lipinski definition) is 3. The molecule has 0 aliphatic carbocycles. The number of hydrogen-bond donors (Lipinski definition) is 1. The highest BCUT2D eigenvalue weighted by molar-refractivity contribution is 7.99. The Morgan fingerprint density at radius 1 is 1.17 bits per heavy atom. The van der Waals surface area contributed by atoms with Gasteiger partial charge in [0.1, 0.15) is 0 Å². The van der Waals surface area contributed by atoms with Crippen molar-refractivity contribution in [3.63, 3.8) is 0 Å². The predicted octanol–water partition coefficient (Wildman–Crippen LogP) is 4.10. The van der Waals surface area contributed by atoms with E-state index in [1.165, 1.54) is 11.8 Å². The van der Waals surface area contributed by atoms with E-state index in [0.29, 0.717) is 5.75 Å². The summed E-state index contributed by atoms with van der Waals surface area (Å²) in [5.41, 5.74) is 4.00. The van der Waals surface area contributed by atoms with E-state index >= 15 is 0 Å². The molecule has 0 spiro atoms. The van der Waals surface area contributed by atoms with Crippen LogP contribution in [0.15, 0.2) is 53.7 Å². The summed E-state index contributed by atoms with van der Waals surface area (Å²) in [6.45, 7) is 4.91. The van der Waals surface area contributed by atoms with E-state index in [1.54, 1.807) is 0 Å². The normalized spacial score (nSPS) is 10.9. The van der Waals surface area contributed by atoms with E-state index in [4.69, 9.17) is 0 Å². The number of rotatable bonds is 5. The first-order valence-electron chi connectivity index (χ1n) is 7.62. The molecule has 4 nitrogen and oxygen atoms in total. The zero-order valence-electron chi connectivity index (χ0n) is 13.2. The molecule has 1 amide bonds. The Hall–Kier alpha value is -2.27. The van der Waals surface area contributed by atoms with Gasteiger partial charge < -0.3 is 9.88 Å². The number of nitrogens with one attached hydrogen (secondary N) is 1. The maximum Gasteiger partial charge on any atom is 0.234 e. The molecule has 0 aliphatic heterocycles. The molecule has 0 saturated carbocycles. The average molecular weight is 325 g/mol. The molecule has 0 radical (unpaired) electrons. The van der Waals surface area contributed by atoms with Crippen molar-refractivity contribution in [2.24, 2.45) is 0 Å². The van der Waals surface area contributed by atoms with E-state index in [9.17, 15) is 4.79 Å². The summed E-state index contributed by atoms with van der Waals surface area (Å²) in [4.78, 5) is 16.8. The van der Waals surface area contributed by atoms with E-state index in [-0.39, 0.29) is 5.91 Å². The van der Waals surface area contributed by atoms with Gasteiger partial charge in [-0.15, -0.1) is 0 Å². The second-order valence-electron chi connectivity index (χ2n) is 5.28. The molecular weight excluding hydrogens is 306 g/mol. The summed E-state index contributed by atoms with van der Waals surface area (Å²) in [7, 11) is 0. The van der Waals surface area contributed by atoms with Crippen molar-refractivity contribution in [1.29, 1.82) is 0 Å². The number of aryl methyl sites for hydroxylation is 2. The van der Waals surface area contributed by atoms with Crippen LogP contribution in [0.2, 0.25) is 0 Å². The van der Waals surface area contributed by atoms with Crippen molar-refractivity contribution in [3.05, 3.63) is 54.1 Å². The summed E-state index contributed by atoms with van der Waals surface area (Å²) < 4.78 is 2.14. The van der Waals surface area contributed by atoms with Crippen LogP contribution >= 0.6 is 11.8 Å². The Morgan fingerprint density at radius 2 is 1.91 bits per heavy atom. The third-order valence-corrected chi connectivity index (χ3v) is 4.66. The lowest BCUT2D eigenvalue weighted by Gasteiger charge is -2.08. The molecule has 3 aromatic rings. The Kier molecular flexibility index (Phi) is 4.67. The van der Waals surface area contributed by atoms with Gasteiger partial charge in [0.15, 0.2) is 5.16 Å². The molecule has 0 aliphatic rings. The van der Waals surface area contributed by atoms with E-state index in [0.717, 1.165) is 34.0 Å². The van der Waals surface area contributed by atoms with Gasteiger partial charge in [-0.3, -0.25) is 4.79 Å². The standard InChI is InChI=1S/C18H19N3OS/c1-3-21-16-11-7-6-10-15(16)20-18(21)23-12-17(22)19-14-9-5-4-8-13(14)2/h4-11H,3,12H2,1-2H3,(H,19,22). The predicted molar refractivity (Wildman–Crippen MR) is 95.9 cm³/mol. The Balaban J connectivity index is 1.71.